The molecule has 3 fully saturated rings. The van der Waals surface area contributed by atoms with Crippen LogP contribution in [0.2, 0.25) is 0 Å². The molecule has 0 aromatic heterocycles. The Hall–Kier alpha value is -6.50. The number of aliphatic hydroxyl groups is 1. The Morgan fingerprint density at radius 2 is 1.44 bits per heavy atom. The van der Waals surface area contributed by atoms with Crippen LogP contribution < -0.4 is 25.6 Å². The lowest BCUT2D eigenvalue weighted by molar-refractivity contribution is -0.276. The number of carbonyl (C=O) groups excluding carboxylic acids is 2. The summed E-state index contributed by atoms with van der Waals surface area (Å²) < 4.78 is 19.5. The average molecular weight is 844 g/mol. The maximum absolute atomic E-state index is 13.4. The highest BCUT2D eigenvalue weighted by atomic mass is 16.7. The van der Waals surface area contributed by atoms with Crippen LogP contribution in [0.25, 0.3) is 11.1 Å². The number of para-hydroxylation sites is 2. The molecule has 3 amide bonds. The Morgan fingerprint density at radius 3 is 2.16 bits per heavy atom. The van der Waals surface area contributed by atoms with Crippen LogP contribution in [0.3, 0.4) is 0 Å². The van der Waals surface area contributed by atoms with Crippen molar-refractivity contribution in [3.63, 3.8) is 0 Å². The van der Waals surface area contributed by atoms with Crippen LogP contribution in [0.15, 0.2) is 158 Å². The third-order valence-electron chi connectivity index (χ3n) is 12.6. The molecule has 3 saturated heterocycles. The first kappa shape index (κ1) is 41.8. The van der Waals surface area contributed by atoms with E-state index in [0.29, 0.717) is 31.2 Å². The lowest BCUT2D eigenvalue weighted by Crippen LogP contribution is -2.57. The molecule has 0 saturated carbocycles. The molecule has 322 valence electrons. The van der Waals surface area contributed by atoms with E-state index in [1.54, 1.807) is 0 Å². The average Bonchev–Trinajstić information content (AvgIpc) is 3.65. The molecule has 3 heterocycles. The predicted octanol–water partition coefficient (Wildman–Crippen LogP) is 9.18. The number of likely N-dealkylation sites (tertiary alicyclic amines) is 1. The molecule has 0 bridgehead atoms. The van der Waals surface area contributed by atoms with Gasteiger partial charge in [-0.05, 0) is 95.3 Å². The summed E-state index contributed by atoms with van der Waals surface area (Å²) in [6.07, 6.45) is 0.480. The molecular weight excluding hydrogens is 791 g/mol. The van der Waals surface area contributed by atoms with Crippen LogP contribution in [-0.4, -0.2) is 59.9 Å². The van der Waals surface area contributed by atoms with Gasteiger partial charge in [-0.2, -0.15) is 0 Å². The Balaban J connectivity index is 0.845. The van der Waals surface area contributed by atoms with Gasteiger partial charge in [0.1, 0.15) is 17.0 Å². The van der Waals surface area contributed by atoms with Crippen LogP contribution in [-0.2, 0) is 27.4 Å². The van der Waals surface area contributed by atoms with E-state index in [1.807, 2.05) is 109 Å². The second-order valence-electron chi connectivity index (χ2n) is 16.7. The highest BCUT2D eigenvalue weighted by Gasteiger charge is 2.51. The minimum atomic E-state index is -0.602. The van der Waals surface area contributed by atoms with E-state index in [4.69, 9.17) is 14.2 Å². The number of rotatable bonds is 12. The predicted molar refractivity (Wildman–Crippen MR) is 244 cm³/mol. The molecule has 0 aliphatic carbocycles. The van der Waals surface area contributed by atoms with Crippen molar-refractivity contribution in [2.45, 2.75) is 57.0 Å². The Morgan fingerprint density at radius 1 is 0.762 bits per heavy atom. The van der Waals surface area contributed by atoms with Gasteiger partial charge >= 0.3 is 6.03 Å². The maximum atomic E-state index is 13.4. The number of urea groups is 1. The Kier molecular flexibility index (Phi) is 12.5. The lowest BCUT2D eigenvalue weighted by atomic mass is 9.84. The summed E-state index contributed by atoms with van der Waals surface area (Å²) >= 11 is 0. The molecule has 6 aromatic carbocycles. The van der Waals surface area contributed by atoms with Gasteiger partial charge in [-0.3, -0.25) is 4.79 Å². The van der Waals surface area contributed by atoms with Gasteiger partial charge in [0.05, 0.1) is 25.5 Å². The number of nitrogens with one attached hydrogen (secondary N) is 3. The summed E-state index contributed by atoms with van der Waals surface area (Å²) in [6, 6.07) is 51.1. The van der Waals surface area contributed by atoms with Crippen molar-refractivity contribution in [3.8, 4) is 22.6 Å². The standard InChI is InChI=1S/C52H53N5O6/c1-36-47(33-56-29-27-52(28-30-56)50(59)54-35-57(52)44-11-4-2-5-12-44)62-49(63-48(36)40-17-15-37(34-58)16-18-40)41-21-19-39(20-22-41)42-10-8-9-38(31-42)32-53-51(60)55-43-23-25-46(26-24-43)61-45-13-6-3-7-14-45/h2-26,31,36,47-49,58H,27-30,32-35H2,1H3,(H,54,59)(H2,53,55,60)/t36-,47+,48+,49+/m1/s1. The molecule has 11 nitrogen and oxygen atoms in total. The highest BCUT2D eigenvalue weighted by Crippen LogP contribution is 2.43. The van der Waals surface area contributed by atoms with Crippen molar-refractivity contribution in [2.75, 3.05) is 36.5 Å². The number of hydrogen-bond donors (Lipinski definition) is 4. The van der Waals surface area contributed by atoms with Crippen LogP contribution >= 0.6 is 0 Å². The second-order valence-corrected chi connectivity index (χ2v) is 16.7. The summed E-state index contributed by atoms with van der Waals surface area (Å²) in [5.41, 5.74) is 7.00. The first-order valence-corrected chi connectivity index (χ1v) is 21.7. The summed E-state index contributed by atoms with van der Waals surface area (Å²) in [4.78, 5) is 30.9. The molecule has 6 aromatic rings. The van der Waals surface area contributed by atoms with Gasteiger partial charge < -0.3 is 45.1 Å². The van der Waals surface area contributed by atoms with Crippen molar-refractivity contribution in [2.24, 2.45) is 5.92 Å². The van der Waals surface area contributed by atoms with E-state index in [2.05, 4.69) is 81.2 Å². The van der Waals surface area contributed by atoms with E-state index in [9.17, 15) is 14.7 Å². The van der Waals surface area contributed by atoms with E-state index < -0.39 is 11.8 Å². The lowest BCUT2D eigenvalue weighted by Gasteiger charge is -2.46. The topological polar surface area (TPSA) is 125 Å². The number of aliphatic hydroxyl groups excluding tert-OH is 1. The summed E-state index contributed by atoms with van der Waals surface area (Å²) in [7, 11) is 0. The molecule has 3 aliphatic heterocycles. The normalized spacial score (nSPS) is 20.9. The second kappa shape index (κ2) is 18.9. The van der Waals surface area contributed by atoms with Gasteiger partial charge in [-0.25, -0.2) is 4.79 Å². The van der Waals surface area contributed by atoms with Gasteiger partial charge in [0.25, 0.3) is 0 Å². The fourth-order valence-electron chi connectivity index (χ4n) is 9.00. The zero-order chi connectivity index (χ0) is 43.2. The van der Waals surface area contributed by atoms with Crippen LogP contribution in [0.5, 0.6) is 11.5 Å². The number of carbonyl (C=O) groups is 2. The van der Waals surface area contributed by atoms with Gasteiger partial charge in [-0.15, -0.1) is 0 Å². The van der Waals surface area contributed by atoms with Crippen molar-refractivity contribution in [1.29, 1.82) is 0 Å². The maximum Gasteiger partial charge on any atom is 0.319 e. The van der Waals surface area contributed by atoms with Crippen LogP contribution in [0, 0.1) is 5.92 Å². The molecule has 4 N–H and O–H groups in total. The fourth-order valence-corrected chi connectivity index (χ4v) is 9.00. The highest BCUT2D eigenvalue weighted by molar-refractivity contribution is 5.93. The van der Waals surface area contributed by atoms with Crippen LogP contribution in [0.4, 0.5) is 16.2 Å². The van der Waals surface area contributed by atoms with Crippen molar-refractivity contribution in [3.05, 3.63) is 180 Å². The summed E-state index contributed by atoms with van der Waals surface area (Å²) in [5.74, 6) is 1.57. The van der Waals surface area contributed by atoms with Crippen molar-refractivity contribution in [1.82, 2.24) is 15.5 Å². The first-order valence-electron chi connectivity index (χ1n) is 21.7. The monoisotopic (exact) mass is 843 g/mol. The SMILES string of the molecule is C[C@@H]1[C@H](CN2CCC3(CC2)C(=O)NCN3c2ccccc2)O[C@H](c2ccc(-c3cccc(CNC(=O)Nc4ccc(Oc5ccccc5)cc4)c3)cc2)O[C@@H]1c1ccc(CO)cc1. The van der Waals surface area contributed by atoms with Gasteiger partial charge in [0, 0.05) is 49.0 Å². The number of nitrogens with zero attached hydrogens (tertiary/aromatic N) is 2. The molecule has 63 heavy (non-hydrogen) atoms. The van der Waals surface area contributed by atoms with Crippen molar-refractivity contribution >= 4 is 23.3 Å². The third kappa shape index (κ3) is 9.47. The molecule has 0 radical (unpaired) electrons. The minimum absolute atomic E-state index is 0.0192. The largest absolute Gasteiger partial charge is 0.457 e. The van der Waals surface area contributed by atoms with E-state index in [0.717, 1.165) is 70.7 Å². The number of ether oxygens (including phenoxy) is 3. The van der Waals surface area contributed by atoms with Crippen molar-refractivity contribution < 1.29 is 28.9 Å². The summed E-state index contributed by atoms with van der Waals surface area (Å²) in [5, 5.41) is 18.7. The van der Waals surface area contributed by atoms with E-state index in [1.165, 1.54) is 0 Å². The fraction of sp³-hybridized carbons (Fsp3) is 0.269. The molecule has 1 spiro atoms. The quantitative estimate of drug-likeness (QED) is 0.0962. The molecule has 3 aliphatic rings. The third-order valence-corrected chi connectivity index (χ3v) is 12.6. The van der Waals surface area contributed by atoms with E-state index in [-0.39, 0.29) is 36.7 Å². The number of amides is 3. The minimum Gasteiger partial charge on any atom is -0.457 e. The number of anilines is 2. The van der Waals surface area contributed by atoms with E-state index >= 15 is 0 Å². The van der Waals surface area contributed by atoms with Gasteiger partial charge in [-0.1, -0.05) is 110 Å². The molecule has 0 unspecified atom stereocenters. The smallest absolute Gasteiger partial charge is 0.319 e. The zero-order valence-corrected chi connectivity index (χ0v) is 35.4. The molecule has 9 rings (SSSR count). The molecule has 4 atom stereocenters. The molecular formula is C52H53N5O6. The Bertz CT molecular complexity index is 2460. The Labute approximate surface area is 368 Å². The van der Waals surface area contributed by atoms with Gasteiger partial charge in [0.15, 0.2) is 6.29 Å². The number of benzene rings is 6. The van der Waals surface area contributed by atoms with Crippen LogP contribution in [0.1, 0.15) is 54.4 Å². The zero-order valence-electron chi connectivity index (χ0n) is 35.4. The first-order chi connectivity index (χ1) is 30.8. The number of hydrogen-bond acceptors (Lipinski definition) is 8. The molecule has 11 heteroatoms. The number of piperidine rings is 1. The summed E-state index contributed by atoms with van der Waals surface area (Å²) in [6.45, 7) is 5.30. The van der Waals surface area contributed by atoms with Gasteiger partial charge in [0.2, 0.25) is 5.91 Å².